The number of nitrogens with one attached hydrogen (secondary N) is 1. The Morgan fingerprint density at radius 2 is 2.05 bits per heavy atom. The summed E-state index contributed by atoms with van der Waals surface area (Å²) in [5.74, 6) is 1.54. The smallest absolute Gasteiger partial charge is 0.151 e. The topological polar surface area (TPSA) is 56.3 Å². The molecule has 0 aliphatic rings. The normalized spacial score (nSPS) is 12.2. The van der Waals surface area contributed by atoms with Crippen LogP contribution in [-0.2, 0) is 0 Å². The molecule has 0 bridgehead atoms. The van der Waals surface area contributed by atoms with Gasteiger partial charge in [0, 0.05) is 0 Å². The van der Waals surface area contributed by atoms with Gasteiger partial charge in [-0.3, -0.25) is 0 Å². The van der Waals surface area contributed by atoms with Gasteiger partial charge in [0.1, 0.15) is 16.5 Å². The van der Waals surface area contributed by atoms with E-state index in [0.29, 0.717) is 0 Å². The summed E-state index contributed by atoms with van der Waals surface area (Å²) < 4.78 is 10.6. The summed E-state index contributed by atoms with van der Waals surface area (Å²) >= 11 is 1.56. The molecule has 1 aromatic heterocycles. The van der Waals surface area contributed by atoms with Gasteiger partial charge in [-0.25, -0.2) is 0 Å². The van der Waals surface area contributed by atoms with Crippen LogP contribution in [0.15, 0.2) is 18.2 Å². The second kappa shape index (κ2) is 6.67. The molecule has 1 N–H and O–H groups in total. The summed E-state index contributed by atoms with van der Waals surface area (Å²) in [5, 5.41) is 13.6. The Hall–Kier alpha value is -1.66. The number of hydrogen-bond acceptors (Lipinski definition) is 6. The minimum atomic E-state index is 0.197. The predicted octanol–water partition coefficient (Wildman–Crippen LogP) is 2.89. The first-order valence-corrected chi connectivity index (χ1v) is 7.30. The fourth-order valence-corrected chi connectivity index (χ4v) is 2.78. The fraction of sp³-hybridized carbons (Fsp3) is 0.429. The van der Waals surface area contributed by atoms with Gasteiger partial charge in [-0.05, 0) is 31.7 Å². The molecule has 0 saturated heterocycles. The third-order valence-electron chi connectivity index (χ3n) is 2.96. The lowest BCUT2D eigenvalue weighted by atomic mass is 10.2. The van der Waals surface area contributed by atoms with Gasteiger partial charge in [0.15, 0.2) is 5.01 Å². The van der Waals surface area contributed by atoms with Crippen LogP contribution in [0.4, 0.5) is 0 Å². The Morgan fingerprint density at radius 3 is 2.70 bits per heavy atom. The monoisotopic (exact) mass is 293 g/mol. The van der Waals surface area contributed by atoms with Crippen LogP contribution in [0.3, 0.4) is 0 Å². The maximum Gasteiger partial charge on any atom is 0.151 e. The molecule has 20 heavy (non-hydrogen) atoms. The molecule has 1 aromatic carbocycles. The average Bonchev–Trinajstić information content (AvgIpc) is 2.96. The minimum Gasteiger partial charge on any atom is -0.497 e. The number of rotatable bonds is 6. The van der Waals surface area contributed by atoms with E-state index in [1.165, 1.54) is 0 Å². The van der Waals surface area contributed by atoms with E-state index < -0.39 is 0 Å². The zero-order valence-electron chi connectivity index (χ0n) is 12.1. The van der Waals surface area contributed by atoms with E-state index in [4.69, 9.17) is 9.47 Å². The van der Waals surface area contributed by atoms with E-state index >= 15 is 0 Å². The molecule has 1 atom stereocenters. The van der Waals surface area contributed by atoms with Crippen molar-refractivity contribution in [1.82, 2.24) is 15.5 Å². The maximum absolute atomic E-state index is 5.38. The average molecular weight is 293 g/mol. The second-order valence-corrected chi connectivity index (χ2v) is 5.30. The molecule has 0 amide bonds. The molecule has 0 fully saturated rings. The van der Waals surface area contributed by atoms with Crippen molar-refractivity contribution in [3.05, 3.63) is 23.2 Å². The molecular weight excluding hydrogens is 274 g/mol. The lowest BCUT2D eigenvalue weighted by Gasteiger charge is -2.08. The third kappa shape index (κ3) is 3.08. The highest BCUT2D eigenvalue weighted by molar-refractivity contribution is 7.14. The molecule has 0 saturated carbocycles. The first kappa shape index (κ1) is 14.7. The number of hydrogen-bond donors (Lipinski definition) is 1. The number of aromatic nitrogens is 2. The summed E-state index contributed by atoms with van der Waals surface area (Å²) in [5.41, 5.74) is 0.902. The summed E-state index contributed by atoms with van der Waals surface area (Å²) in [6.07, 6.45) is 0. The Morgan fingerprint density at radius 1 is 1.25 bits per heavy atom. The van der Waals surface area contributed by atoms with Gasteiger partial charge in [-0.2, -0.15) is 0 Å². The zero-order chi connectivity index (χ0) is 14.5. The lowest BCUT2D eigenvalue weighted by molar-refractivity contribution is 0.404. The van der Waals surface area contributed by atoms with Crippen molar-refractivity contribution < 1.29 is 9.47 Å². The van der Waals surface area contributed by atoms with Gasteiger partial charge in [-0.15, -0.1) is 10.2 Å². The van der Waals surface area contributed by atoms with Crippen LogP contribution < -0.4 is 14.8 Å². The van der Waals surface area contributed by atoms with E-state index in [0.717, 1.165) is 33.6 Å². The summed E-state index contributed by atoms with van der Waals surface area (Å²) in [6, 6.07) is 5.86. The van der Waals surface area contributed by atoms with Crippen LogP contribution in [0.1, 0.15) is 24.9 Å². The fourth-order valence-electron chi connectivity index (χ4n) is 1.89. The van der Waals surface area contributed by atoms with Crippen LogP contribution in [0.5, 0.6) is 11.5 Å². The summed E-state index contributed by atoms with van der Waals surface area (Å²) in [4.78, 5) is 0. The van der Waals surface area contributed by atoms with Gasteiger partial charge in [0.2, 0.25) is 0 Å². The molecule has 5 nitrogen and oxygen atoms in total. The lowest BCUT2D eigenvalue weighted by Crippen LogP contribution is -2.17. The van der Waals surface area contributed by atoms with Crippen molar-refractivity contribution in [3.63, 3.8) is 0 Å². The molecule has 1 unspecified atom stereocenters. The Balaban J connectivity index is 2.35. The van der Waals surface area contributed by atoms with Crippen LogP contribution >= 0.6 is 11.3 Å². The minimum absolute atomic E-state index is 0.197. The molecule has 2 rings (SSSR count). The van der Waals surface area contributed by atoms with E-state index in [1.807, 2.05) is 18.2 Å². The number of nitrogens with zero attached hydrogens (tertiary/aromatic N) is 2. The molecule has 0 aliphatic heterocycles. The highest BCUT2D eigenvalue weighted by atomic mass is 32.1. The van der Waals surface area contributed by atoms with Crippen molar-refractivity contribution in [1.29, 1.82) is 0 Å². The van der Waals surface area contributed by atoms with E-state index in [9.17, 15) is 0 Å². The standard InChI is InChI=1S/C14H19N3O2S/c1-5-15-9(2)13-16-17-14(20-13)11-8-10(18-3)6-7-12(11)19-4/h6-9,15H,5H2,1-4H3. The van der Waals surface area contributed by atoms with E-state index in [2.05, 4.69) is 29.4 Å². The maximum atomic E-state index is 5.38. The van der Waals surface area contributed by atoms with Gasteiger partial charge in [0.05, 0.1) is 25.8 Å². The number of benzene rings is 1. The highest BCUT2D eigenvalue weighted by Crippen LogP contribution is 2.35. The molecule has 108 valence electrons. The van der Waals surface area contributed by atoms with E-state index in [1.54, 1.807) is 25.6 Å². The Labute approximate surface area is 123 Å². The van der Waals surface area contributed by atoms with E-state index in [-0.39, 0.29) is 6.04 Å². The molecule has 2 aromatic rings. The third-order valence-corrected chi connectivity index (χ3v) is 4.10. The Kier molecular flexibility index (Phi) is 4.92. The van der Waals surface area contributed by atoms with Crippen molar-refractivity contribution >= 4 is 11.3 Å². The molecule has 0 spiro atoms. The summed E-state index contributed by atoms with van der Waals surface area (Å²) in [6.45, 7) is 5.05. The van der Waals surface area contributed by atoms with Gasteiger partial charge in [0.25, 0.3) is 0 Å². The van der Waals surface area contributed by atoms with Gasteiger partial charge >= 0.3 is 0 Å². The molecule has 1 heterocycles. The van der Waals surface area contributed by atoms with Crippen LogP contribution in [0, 0.1) is 0 Å². The summed E-state index contributed by atoms with van der Waals surface area (Å²) in [7, 11) is 3.29. The largest absolute Gasteiger partial charge is 0.497 e. The van der Waals surface area contributed by atoms with Crippen molar-refractivity contribution in [2.75, 3.05) is 20.8 Å². The van der Waals surface area contributed by atoms with Crippen molar-refractivity contribution in [2.45, 2.75) is 19.9 Å². The SMILES string of the molecule is CCNC(C)c1nnc(-c2cc(OC)ccc2OC)s1. The quantitative estimate of drug-likeness (QED) is 0.887. The van der Waals surface area contributed by atoms with Crippen molar-refractivity contribution in [2.24, 2.45) is 0 Å². The first-order valence-electron chi connectivity index (χ1n) is 6.48. The van der Waals surface area contributed by atoms with Crippen LogP contribution in [-0.4, -0.2) is 31.0 Å². The molecule has 6 heteroatoms. The molecule has 0 aliphatic carbocycles. The highest BCUT2D eigenvalue weighted by Gasteiger charge is 2.15. The Bertz CT molecular complexity index is 571. The van der Waals surface area contributed by atoms with Crippen molar-refractivity contribution in [3.8, 4) is 22.1 Å². The van der Waals surface area contributed by atoms with Gasteiger partial charge < -0.3 is 14.8 Å². The molecule has 0 radical (unpaired) electrons. The zero-order valence-corrected chi connectivity index (χ0v) is 13.0. The number of methoxy groups -OCH3 is 2. The first-order chi connectivity index (χ1) is 9.69. The van der Waals surface area contributed by atoms with Gasteiger partial charge in [-0.1, -0.05) is 18.3 Å². The van der Waals surface area contributed by atoms with Crippen LogP contribution in [0.25, 0.3) is 10.6 Å². The number of ether oxygens (including phenoxy) is 2. The second-order valence-electron chi connectivity index (χ2n) is 4.29. The predicted molar refractivity (Wildman–Crippen MR) is 80.5 cm³/mol. The van der Waals surface area contributed by atoms with Crippen LogP contribution in [0.2, 0.25) is 0 Å². The molecular formula is C14H19N3O2S.